The Kier molecular flexibility index (Phi) is 7.01. The molecule has 136 valence electrons. The smallest absolute Gasteiger partial charge is 0.239 e. The Balaban J connectivity index is 0.00000208. The summed E-state index contributed by atoms with van der Waals surface area (Å²) in [6, 6.07) is -0.357. The molecule has 1 saturated heterocycles. The van der Waals surface area contributed by atoms with E-state index in [9.17, 15) is 4.79 Å². The van der Waals surface area contributed by atoms with Gasteiger partial charge in [-0.15, -0.1) is 12.4 Å². The molecule has 1 aliphatic carbocycles. The standard InChI is InChI=1S/C16H27N5O2.ClH/c1-2-4-13(17)16(22)21-8-3-7-20(9-10-21)11-14-18-15(23-19-14)12-5-6-12;/h12-13H,2-11,17H2,1H3;1H. The summed E-state index contributed by atoms with van der Waals surface area (Å²) in [7, 11) is 0. The largest absolute Gasteiger partial charge is 0.340 e. The maximum absolute atomic E-state index is 12.3. The van der Waals surface area contributed by atoms with Crippen LogP contribution >= 0.6 is 12.4 Å². The number of carbonyl (C=O) groups is 1. The zero-order valence-corrected chi connectivity index (χ0v) is 15.1. The van der Waals surface area contributed by atoms with Crippen molar-refractivity contribution in [1.29, 1.82) is 0 Å². The number of carbonyl (C=O) groups excluding carboxylic acids is 1. The molecule has 2 heterocycles. The molecule has 1 unspecified atom stereocenters. The summed E-state index contributed by atoms with van der Waals surface area (Å²) in [6.45, 7) is 6.03. The van der Waals surface area contributed by atoms with Gasteiger partial charge in [-0.3, -0.25) is 9.69 Å². The quantitative estimate of drug-likeness (QED) is 0.830. The van der Waals surface area contributed by atoms with Gasteiger partial charge in [-0.25, -0.2) is 0 Å². The van der Waals surface area contributed by atoms with Crippen molar-refractivity contribution in [3.05, 3.63) is 11.7 Å². The fourth-order valence-corrected chi connectivity index (χ4v) is 3.05. The highest BCUT2D eigenvalue weighted by atomic mass is 35.5. The van der Waals surface area contributed by atoms with Crippen molar-refractivity contribution in [3.8, 4) is 0 Å². The van der Waals surface area contributed by atoms with Crippen LogP contribution in [0.3, 0.4) is 0 Å². The minimum atomic E-state index is -0.357. The molecule has 1 amide bonds. The van der Waals surface area contributed by atoms with Crippen LogP contribution in [0.25, 0.3) is 0 Å². The zero-order valence-electron chi connectivity index (χ0n) is 14.3. The number of rotatable bonds is 6. The lowest BCUT2D eigenvalue weighted by atomic mass is 10.1. The van der Waals surface area contributed by atoms with Gasteiger partial charge in [0, 0.05) is 32.1 Å². The molecule has 1 aromatic heterocycles. The first kappa shape index (κ1) is 19.1. The summed E-state index contributed by atoms with van der Waals surface area (Å²) in [5.74, 6) is 2.13. The monoisotopic (exact) mass is 357 g/mol. The van der Waals surface area contributed by atoms with E-state index in [1.165, 1.54) is 12.8 Å². The van der Waals surface area contributed by atoms with Gasteiger partial charge in [0.05, 0.1) is 12.6 Å². The molecular formula is C16H28ClN5O2. The molecule has 0 radical (unpaired) electrons. The first-order valence-electron chi connectivity index (χ1n) is 8.76. The van der Waals surface area contributed by atoms with Gasteiger partial charge in [0.2, 0.25) is 11.8 Å². The molecule has 2 N–H and O–H groups in total. The van der Waals surface area contributed by atoms with Crippen molar-refractivity contribution in [3.63, 3.8) is 0 Å². The molecule has 1 aromatic rings. The molecule has 1 aliphatic heterocycles. The number of hydrogen-bond acceptors (Lipinski definition) is 6. The summed E-state index contributed by atoms with van der Waals surface area (Å²) in [5.41, 5.74) is 5.97. The Bertz CT molecular complexity index is 534. The first-order chi connectivity index (χ1) is 11.2. The predicted octanol–water partition coefficient (Wildman–Crippen LogP) is 1.53. The predicted molar refractivity (Wildman–Crippen MR) is 92.9 cm³/mol. The van der Waals surface area contributed by atoms with Crippen molar-refractivity contribution in [2.45, 2.75) is 57.5 Å². The average molecular weight is 358 g/mol. The van der Waals surface area contributed by atoms with Gasteiger partial charge in [0.25, 0.3) is 0 Å². The number of aromatic nitrogens is 2. The minimum Gasteiger partial charge on any atom is -0.340 e. The maximum Gasteiger partial charge on any atom is 0.239 e. The molecule has 0 bridgehead atoms. The van der Waals surface area contributed by atoms with Crippen LogP contribution in [0.1, 0.15) is 56.7 Å². The van der Waals surface area contributed by atoms with Gasteiger partial charge in [0.15, 0.2) is 5.82 Å². The van der Waals surface area contributed by atoms with E-state index in [4.69, 9.17) is 10.3 Å². The summed E-state index contributed by atoms with van der Waals surface area (Å²) < 4.78 is 5.31. The first-order valence-corrected chi connectivity index (χ1v) is 8.76. The highest BCUT2D eigenvalue weighted by Crippen LogP contribution is 2.38. The third kappa shape index (κ3) is 4.91. The van der Waals surface area contributed by atoms with E-state index in [1.54, 1.807) is 0 Å². The summed E-state index contributed by atoms with van der Waals surface area (Å²) in [5, 5.41) is 4.08. The van der Waals surface area contributed by atoms with Crippen LogP contribution in [0, 0.1) is 0 Å². The second-order valence-electron chi connectivity index (χ2n) is 6.67. The third-order valence-corrected chi connectivity index (χ3v) is 4.59. The van der Waals surface area contributed by atoms with Crippen LogP contribution in [-0.4, -0.2) is 58.1 Å². The van der Waals surface area contributed by atoms with Crippen LogP contribution in [-0.2, 0) is 11.3 Å². The molecule has 8 heteroatoms. The zero-order chi connectivity index (χ0) is 16.2. The molecule has 3 rings (SSSR count). The molecule has 24 heavy (non-hydrogen) atoms. The molecule has 1 atom stereocenters. The Hall–Kier alpha value is -1.18. The summed E-state index contributed by atoms with van der Waals surface area (Å²) in [4.78, 5) is 21.0. The van der Waals surface area contributed by atoms with Crippen LogP contribution < -0.4 is 5.73 Å². The van der Waals surface area contributed by atoms with Gasteiger partial charge in [-0.1, -0.05) is 18.5 Å². The van der Waals surface area contributed by atoms with Crippen molar-refractivity contribution < 1.29 is 9.32 Å². The van der Waals surface area contributed by atoms with Crippen LogP contribution in [0.2, 0.25) is 0 Å². The van der Waals surface area contributed by atoms with Crippen LogP contribution in [0.5, 0.6) is 0 Å². The van der Waals surface area contributed by atoms with Crippen molar-refractivity contribution in [2.24, 2.45) is 5.73 Å². The lowest BCUT2D eigenvalue weighted by Gasteiger charge is -2.24. The van der Waals surface area contributed by atoms with Crippen LogP contribution in [0.4, 0.5) is 0 Å². The molecule has 0 aromatic carbocycles. The van der Waals surface area contributed by atoms with Gasteiger partial charge < -0.3 is 15.2 Å². The van der Waals surface area contributed by atoms with E-state index >= 15 is 0 Å². The topological polar surface area (TPSA) is 88.5 Å². The Morgan fingerprint density at radius 2 is 2.12 bits per heavy atom. The number of halogens is 1. The molecule has 2 aliphatic rings. The summed E-state index contributed by atoms with van der Waals surface area (Å²) >= 11 is 0. The molecular weight excluding hydrogens is 330 g/mol. The SMILES string of the molecule is CCCC(N)C(=O)N1CCCN(Cc2noc(C3CC3)n2)CC1.Cl. The van der Waals surface area contributed by atoms with E-state index < -0.39 is 0 Å². The van der Waals surface area contributed by atoms with Crippen LogP contribution in [0.15, 0.2) is 4.52 Å². The lowest BCUT2D eigenvalue weighted by molar-refractivity contribution is -0.132. The van der Waals surface area contributed by atoms with Gasteiger partial charge in [-0.2, -0.15) is 4.98 Å². The van der Waals surface area contributed by atoms with Crippen molar-refractivity contribution in [1.82, 2.24) is 19.9 Å². The lowest BCUT2D eigenvalue weighted by Crippen LogP contribution is -2.45. The van der Waals surface area contributed by atoms with Crippen molar-refractivity contribution in [2.75, 3.05) is 26.2 Å². The molecule has 7 nitrogen and oxygen atoms in total. The Morgan fingerprint density at radius 3 is 2.83 bits per heavy atom. The fraction of sp³-hybridized carbons (Fsp3) is 0.812. The average Bonchev–Trinajstić information content (AvgIpc) is 3.32. The fourth-order valence-electron chi connectivity index (χ4n) is 3.05. The highest BCUT2D eigenvalue weighted by Gasteiger charge is 2.30. The van der Waals surface area contributed by atoms with Gasteiger partial charge in [0.1, 0.15) is 0 Å². The van der Waals surface area contributed by atoms with Gasteiger partial charge in [-0.05, 0) is 25.7 Å². The molecule has 2 fully saturated rings. The molecule has 1 saturated carbocycles. The number of nitrogens with two attached hydrogens (primary N) is 1. The van der Waals surface area contributed by atoms with E-state index in [-0.39, 0.29) is 24.4 Å². The third-order valence-electron chi connectivity index (χ3n) is 4.59. The molecule has 0 spiro atoms. The maximum atomic E-state index is 12.3. The summed E-state index contributed by atoms with van der Waals surface area (Å²) in [6.07, 6.45) is 4.98. The second-order valence-corrected chi connectivity index (χ2v) is 6.67. The van der Waals surface area contributed by atoms with E-state index in [0.29, 0.717) is 12.5 Å². The van der Waals surface area contributed by atoms with E-state index in [2.05, 4.69) is 22.0 Å². The normalized spacial score (nSPS) is 20.3. The Morgan fingerprint density at radius 1 is 1.33 bits per heavy atom. The van der Waals surface area contributed by atoms with E-state index in [1.807, 2.05) is 4.90 Å². The Labute approximate surface area is 149 Å². The highest BCUT2D eigenvalue weighted by molar-refractivity contribution is 5.85. The van der Waals surface area contributed by atoms with Gasteiger partial charge >= 0.3 is 0 Å². The second kappa shape index (κ2) is 8.78. The van der Waals surface area contributed by atoms with Crippen molar-refractivity contribution >= 4 is 18.3 Å². The van der Waals surface area contributed by atoms with E-state index in [0.717, 1.165) is 57.2 Å². The number of amides is 1. The minimum absolute atomic E-state index is 0. The number of hydrogen-bond donors (Lipinski definition) is 1. The number of nitrogens with zero attached hydrogens (tertiary/aromatic N) is 4.